The Morgan fingerprint density at radius 3 is 1.57 bits per heavy atom. The molecule has 2 aliphatic heterocycles. The maximum Gasteiger partial charge on any atom is 0.322 e. The van der Waals surface area contributed by atoms with Gasteiger partial charge in [0.1, 0.15) is 11.5 Å². The molecular weight excluding hydrogens is 458 g/mol. The van der Waals surface area contributed by atoms with Crippen LogP contribution in [0.15, 0.2) is 58.8 Å². The van der Waals surface area contributed by atoms with Gasteiger partial charge < -0.3 is 24.0 Å². The van der Waals surface area contributed by atoms with Crippen LogP contribution in [0.4, 0.5) is 0 Å². The van der Waals surface area contributed by atoms with Crippen molar-refractivity contribution in [1.29, 1.82) is 0 Å². The summed E-state index contributed by atoms with van der Waals surface area (Å²) in [6.45, 7) is 3.87. The summed E-state index contributed by atoms with van der Waals surface area (Å²) in [6, 6.07) is 13.8. The van der Waals surface area contributed by atoms with Crippen molar-refractivity contribution in [3.05, 3.63) is 59.7 Å². The second-order valence-corrected chi connectivity index (χ2v) is 7.73. The predicted molar refractivity (Wildman–Crippen MR) is 121 cm³/mol. The monoisotopic (exact) mass is 481 g/mol. The minimum Gasteiger partial charge on any atom is -0.426 e. The second-order valence-electron chi connectivity index (χ2n) is 7.73. The van der Waals surface area contributed by atoms with Gasteiger partial charge in [-0.3, -0.25) is 14.4 Å². The maximum atomic E-state index is 11.9. The zero-order valence-corrected chi connectivity index (χ0v) is 19.3. The molecule has 0 saturated heterocycles. The van der Waals surface area contributed by atoms with E-state index in [2.05, 4.69) is 10.3 Å². The number of para-hydroxylation sites is 2. The number of esters is 2. The highest BCUT2D eigenvalue weighted by Gasteiger charge is 2.41. The summed E-state index contributed by atoms with van der Waals surface area (Å²) in [5, 5.41) is 9.49. The number of hydrogen-bond donors (Lipinski definition) is 0. The Morgan fingerprint density at radius 2 is 1.17 bits per heavy atom. The van der Waals surface area contributed by atoms with Crippen LogP contribution >= 0.6 is 0 Å². The smallest absolute Gasteiger partial charge is 0.322 e. The van der Waals surface area contributed by atoms with Crippen LogP contribution in [0.25, 0.3) is 0 Å². The van der Waals surface area contributed by atoms with Gasteiger partial charge in [0.2, 0.25) is 12.5 Å². The average molecular weight is 481 g/mol. The first-order valence-electron chi connectivity index (χ1n) is 10.8. The summed E-state index contributed by atoms with van der Waals surface area (Å²) in [5.74, 6) is -0.834. The molecule has 2 unspecified atom stereocenters. The number of hydrogen-bond acceptors (Lipinski definition) is 11. The summed E-state index contributed by atoms with van der Waals surface area (Å²) >= 11 is 0. The number of nitrogens with zero attached hydrogens (tertiary/aromatic N) is 3. The molecule has 0 bridgehead atoms. The highest BCUT2D eigenvalue weighted by atomic mass is 16.8. The third kappa shape index (κ3) is 5.64. The molecule has 11 heteroatoms. The van der Waals surface area contributed by atoms with Gasteiger partial charge in [0.05, 0.1) is 24.3 Å². The molecule has 0 saturated carbocycles. The molecule has 4 rings (SSSR count). The van der Waals surface area contributed by atoms with Crippen molar-refractivity contribution >= 4 is 29.3 Å². The summed E-state index contributed by atoms with van der Waals surface area (Å²) in [4.78, 5) is 51.3. The average Bonchev–Trinajstić information content (AvgIpc) is 3.48. The molecule has 2 heterocycles. The highest BCUT2D eigenvalue weighted by molar-refractivity contribution is 6.04. The number of hydroxylamine groups is 2. The third-order valence-electron chi connectivity index (χ3n) is 5.01. The lowest BCUT2D eigenvalue weighted by molar-refractivity contribution is -0.292. The Labute approximate surface area is 200 Å². The number of carbonyl (C=O) groups is 3. The first kappa shape index (κ1) is 23.9. The molecule has 0 amide bonds. The quantitative estimate of drug-likeness (QED) is 0.333. The van der Waals surface area contributed by atoms with Crippen LogP contribution in [0.2, 0.25) is 0 Å². The molecule has 0 radical (unpaired) electrons. The Balaban J connectivity index is 1.50. The molecule has 2 aromatic carbocycles. The summed E-state index contributed by atoms with van der Waals surface area (Å²) < 4.78 is 10.5. The van der Waals surface area contributed by atoms with Crippen LogP contribution in [0.1, 0.15) is 44.7 Å². The Bertz CT molecular complexity index is 1120. The number of carbonyl (C=O) groups excluding carboxylic acids is 3. The first-order valence-corrected chi connectivity index (χ1v) is 10.8. The van der Waals surface area contributed by atoms with Crippen molar-refractivity contribution in [2.24, 2.45) is 10.3 Å². The third-order valence-corrected chi connectivity index (χ3v) is 5.01. The normalized spacial score (nSPS) is 18.7. The van der Waals surface area contributed by atoms with Crippen molar-refractivity contribution in [2.75, 3.05) is 0 Å². The maximum absolute atomic E-state index is 11.9. The topological polar surface area (TPSA) is 125 Å². The molecule has 0 aromatic heterocycles. The second kappa shape index (κ2) is 10.3. The zero-order chi connectivity index (χ0) is 24.9. The highest BCUT2D eigenvalue weighted by Crippen LogP contribution is 2.31. The van der Waals surface area contributed by atoms with E-state index < -0.39 is 30.4 Å². The minimum absolute atomic E-state index is 0.213. The fraction of sp³-hybridized carbons (Fsp3) is 0.292. The standard InChI is InChI=1S/C24H23N3O8/c1-14(28)31-21-10-6-4-8-17(21)19-12-23(33-25-19)27(35-16(3)30)24-13-20(26-34-24)18-9-5-7-11-22(18)32-15(2)29/h4-11,23-24H,12-13H2,1-3H3. The van der Waals surface area contributed by atoms with Gasteiger partial charge in [-0.15, -0.1) is 0 Å². The van der Waals surface area contributed by atoms with E-state index in [1.54, 1.807) is 48.5 Å². The van der Waals surface area contributed by atoms with Gasteiger partial charge in [-0.25, -0.2) is 0 Å². The zero-order valence-electron chi connectivity index (χ0n) is 19.3. The van der Waals surface area contributed by atoms with Crippen LogP contribution in [-0.2, 0) is 28.9 Å². The molecule has 2 aliphatic rings. The summed E-state index contributed by atoms with van der Waals surface area (Å²) in [5.41, 5.74) is 2.16. The molecule has 0 fully saturated rings. The van der Waals surface area contributed by atoms with Gasteiger partial charge in [-0.2, -0.15) is 0 Å². The predicted octanol–water partition coefficient (Wildman–Crippen LogP) is 2.92. The van der Waals surface area contributed by atoms with Gasteiger partial charge in [-0.05, 0) is 24.3 Å². The lowest BCUT2D eigenvalue weighted by Gasteiger charge is -2.27. The Kier molecular flexibility index (Phi) is 7.06. The van der Waals surface area contributed by atoms with Gasteiger partial charge >= 0.3 is 17.9 Å². The number of rotatable bonds is 7. The number of benzene rings is 2. The van der Waals surface area contributed by atoms with E-state index in [9.17, 15) is 14.4 Å². The van der Waals surface area contributed by atoms with Crippen molar-refractivity contribution in [2.45, 2.75) is 46.1 Å². The van der Waals surface area contributed by atoms with Crippen molar-refractivity contribution < 1.29 is 38.4 Å². The van der Waals surface area contributed by atoms with Gasteiger partial charge in [0.25, 0.3) is 0 Å². The van der Waals surface area contributed by atoms with E-state index in [4.69, 9.17) is 24.0 Å². The van der Waals surface area contributed by atoms with Crippen LogP contribution in [0.3, 0.4) is 0 Å². The lowest BCUT2D eigenvalue weighted by Crippen LogP contribution is -2.44. The van der Waals surface area contributed by atoms with Crippen LogP contribution in [-0.4, -0.2) is 46.9 Å². The minimum atomic E-state index is -0.817. The largest absolute Gasteiger partial charge is 0.426 e. The van der Waals surface area contributed by atoms with Crippen molar-refractivity contribution in [3.8, 4) is 11.5 Å². The van der Waals surface area contributed by atoms with Crippen molar-refractivity contribution in [3.63, 3.8) is 0 Å². The van der Waals surface area contributed by atoms with Gasteiger partial charge in [0.15, 0.2) is 0 Å². The number of ether oxygens (including phenoxy) is 2. The molecule has 2 aromatic rings. The first-order chi connectivity index (χ1) is 16.8. The van der Waals surface area contributed by atoms with E-state index in [0.717, 1.165) is 0 Å². The van der Waals surface area contributed by atoms with E-state index in [0.29, 0.717) is 34.0 Å². The lowest BCUT2D eigenvalue weighted by atomic mass is 10.0. The molecule has 0 spiro atoms. The molecule has 182 valence electrons. The fourth-order valence-electron chi connectivity index (χ4n) is 3.67. The summed E-state index contributed by atoms with van der Waals surface area (Å²) in [7, 11) is 0. The van der Waals surface area contributed by atoms with E-state index in [1.807, 2.05) is 0 Å². The van der Waals surface area contributed by atoms with Crippen LogP contribution in [0, 0.1) is 0 Å². The van der Waals surface area contributed by atoms with Gasteiger partial charge in [0, 0.05) is 31.9 Å². The van der Waals surface area contributed by atoms with Gasteiger partial charge in [-0.1, -0.05) is 39.6 Å². The SMILES string of the molecule is CC(=O)Oc1ccccc1C1=NOC(N(OC(C)=O)C2CC(c3ccccc3OC(C)=O)=NO2)C1. The molecule has 11 nitrogen and oxygen atoms in total. The molecular formula is C24H23N3O8. The summed E-state index contributed by atoms with van der Waals surface area (Å²) in [6.07, 6.45) is -1.21. The molecule has 0 N–H and O–H groups in total. The number of oxime groups is 2. The molecule has 0 aliphatic carbocycles. The van der Waals surface area contributed by atoms with E-state index in [1.165, 1.54) is 25.8 Å². The Morgan fingerprint density at radius 1 is 0.743 bits per heavy atom. The van der Waals surface area contributed by atoms with E-state index >= 15 is 0 Å². The van der Waals surface area contributed by atoms with Crippen molar-refractivity contribution in [1.82, 2.24) is 5.06 Å². The Hall–Kier alpha value is -4.25. The fourth-order valence-corrected chi connectivity index (χ4v) is 3.67. The molecule has 2 atom stereocenters. The van der Waals surface area contributed by atoms with Crippen LogP contribution < -0.4 is 9.47 Å². The van der Waals surface area contributed by atoms with E-state index in [-0.39, 0.29) is 12.8 Å². The van der Waals surface area contributed by atoms with Crippen LogP contribution in [0.5, 0.6) is 11.5 Å². The molecule has 35 heavy (non-hydrogen) atoms.